The minimum atomic E-state index is 0.817. The van der Waals surface area contributed by atoms with Crippen LogP contribution in [0.1, 0.15) is 25.7 Å². The Hall–Kier alpha value is -0.120. The molecule has 3 fully saturated rings. The lowest BCUT2D eigenvalue weighted by Crippen LogP contribution is -2.51. The maximum atomic E-state index is 5.44. The van der Waals surface area contributed by atoms with Gasteiger partial charge < -0.3 is 9.64 Å². The third-order valence-corrected chi connectivity index (χ3v) is 4.33. The van der Waals surface area contributed by atoms with Crippen LogP contribution in [-0.4, -0.2) is 61.8 Å². The van der Waals surface area contributed by atoms with Crippen LogP contribution >= 0.6 is 0 Å². The molecule has 0 atom stereocenters. The average molecular weight is 224 g/mol. The minimum Gasteiger partial charge on any atom is -0.381 e. The molecule has 3 rings (SSSR count). The molecule has 0 bridgehead atoms. The quantitative estimate of drug-likeness (QED) is 0.716. The summed E-state index contributed by atoms with van der Waals surface area (Å²) in [5.74, 6) is 1.05. The molecule has 0 unspecified atom stereocenters. The summed E-state index contributed by atoms with van der Waals surface area (Å²) in [6, 6.07) is 0.817. The van der Waals surface area contributed by atoms with E-state index in [2.05, 4.69) is 9.80 Å². The molecule has 1 saturated carbocycles. The fraction of sp³-hybridized carbons (Fsp3) is 1.00. The van der Waals surface area contributed by atoms with Crippen LogP contribution in [0.25, 0.3) is 0 Å². The van der Waals surface area contributed by atoms with Crippen LogP contribution in [0.3, 0.4) is 0 Å². The molecule has 3 nitrogen and oxygen atoms in total. The van der Waals surface area contributed by atoms with Gasteiger partial charge in [0.25, 0.3) is 0 Å². The molecule has 3 aliphatic rings. The highest BCUT2D eigenvalue weighted by molar-refractivity contribution is 4.83. The zero-order valence-electron chi connectivity index (χ0n) is 10.2. The van der Waals surface area contributed by atoms with Gasteiger partial charge in [0.1, 0.15) is 0 Å². The lowest BCUT2D eigenvalue weighted by molar-refractivity contribution is 0.0132. The first-order valence-electron chi connectivity index (χ1n) is 6.96. The van der Waals surface area contributed by atoms with Gasteiger partial charge in [-0.3, -0.25) is 4.90 Å². The molecule has 3 heteroatoms. The number of ether oxygens (including phenoxy) is 1. The highest BCUT2D eigenvalue weighted by Crippen LogP contribution is 2.30. The average Bonchev–Trinajstić information content (AvgIpc) is 3.15. The largest absolute Gasteiger partial charge is 0.381 e. The van der Waals surface area contributed by atoms with Gasteiger partial charge in [0.2, 0.25) is 0 Å². The molecule has 16 heavy (non-hydrogen) atoms. The first kappa shape index (κ1) is 11.0. The second kappa shape index (κ2) is 5.03. The summed E-state index contributed by atoms with van der Waals surface area (Å²) in [6.45, 7) is 8.51. The minimum absolute atomic E-state index is 0.817. The van der Waals surface area contributed by atoms with Crippen molar-refractivity contribution in [1.29, 1.82) is 0 Å². The van der Waals surface area contributed by atoms with Crippen LogP contribution in [-0.2, 0) is 4.74 Å². The van der Waals surface area contributed by atoms with Gasteiger partial charge in [-0.05, 0) is 31.6 Å². The second-order valence-electron chi connectivity index (χ2n) is 5.62. The summed E-state index contributed by atoms with van der Waals surface area (Å²) in [6.07, 6.45) is 5.48. The molecular weight excluding hydrogens is 200 g/mol. The van der Waals surface area contributed by atoms with Crippen LogP contribution in [0, 0.1) is 5.92 Å². The van der Waals surface area contributed by atoms with Crippen molar-refractivity contribution < 1.29 is 4.74 Å². The van der Waals surface area contributed by atoms with Gasteiger partial charge >= 0.3 is 0 Å². The molecule has 0 N–H and O–H groups in total. The second-order valence-corrected chi connectivity index (χ2v) is 5.62. The highest BCUT2D eigenvalue weighted by Gasteiger charge is 2.28. The number of nitrogens with zero attached hydrogens (tertiary/aromatic N) is 2. The van der Waals surface area contributed by atoms with E-state index in [4.69, 9.17) is 4.74 Å². The zero-order chi connectivity index (χ0) is 10.8. The molecule has 0 aromatic heterocycles. The topological polar surface area (TPSA) is 15.7 Å². The fourth-order valence-electron chi connectivity index (χ4n) is 3.03. The lowest BCUT2D eigenvalue weighted by Gasteiger charge is -2.40. The Balaban J connectivity index is 1.42. The van der Waals surface area contributed by atoms with Crippen molar-refractivity contribution in [2.24, 2.45) is 5.92 Å². The standard InChI is InChI=1S/C13H24N2O/c1-2-12(1)11-14-5-7-15(8-6-14)13-3-9-16-10-4-13/h12-13H,1-11H2. The van der Waals surface area contributed by atoms with E-state index in [1.165, 1.54) is 58.4 Å². The summed E-state index contributed by atoms with van der Waals surface area (Å²) in [5, 5.41) is 0. The predicted molar refractivity (Wildman–Crippen MR) is 64.6 cm³/mol. The van der Waals surface area contributed by atoms with E-state index in [1.54, 1.807) is 0 Å². The van der Waals surface area contributed by atoms with Crippen molar-refractivity contribution in [3.05, 3.63) is 0 Å². The monoisotopic (exact) mass is 224 g/mol. The number of hydrogen-bond donors (Lipinski definition) is 0. The maximum Gasteiger partial charge on any atom is 0.0480 e. The Morgan fingerprint density at radius 3 is 2.19 bits per heavy atom. The van der Waals surface area contributed by atoms with Crippen molar-refractivity contribution in [2.75, 3.05) is 45.9 Å². The van der Waals surface area contributed by atoms with E-state index in [0.717, 1.165) is 25.2 Å². The molecule has 2 heterocycles. The van der Waals surface area contributed by atoms with Gasteiger partial charge in [-0.1, -0.05) is 0 Å². The molecule has 2 aliphatic heterocycles. The van der Waals surface area contributed by atoms with Gasteiger partial charge in [0, 0.05) is 52.0 Å². The van der Waals surface area contributed by atoms with E-state index >= 15 is 0 Å². The van der Waals surface area contributed by atoms with Crippen molar-refractivity contribution in [1.82, 2.24) is 9.80 Å². The molecule has 1 aliphatic carbocycles. The van der Waals surface area contributed by atoms with Gasteiger partial charge in [0.15, 0.2) is 0 Å². The van der Waals surface area contributed by atoms with Crippen LogP contribution in [0.5, 0.6) is 0 Å². The van der Waals surface area contributed by atoms with Crippen LogP contribution in [0.15, 0.2) is 0 Å². The first-order chi connectivity index (χ1) is 7.92. The summed E-state index contributed by atoms with van der Waals surface area (Å²) >= 11 is 0. The number of hydrogen-bond acceptors (Lipinski definition) is 3. The normalized spacial score (nSPS) is 30.8. The van der Waals surface area contributed by atoms with E-state index in [1.807, 2.05) is 0 Å². The summed E-state index contributed by atoms with van der Waals surface area (Å²) in [5.41, 5.74) is 0. The van der Waals surface area contributed by atoms with E-state index in [9.17, 15) is 0 Å². The van der Waals surface area contributed by atoms with E-state index < -0.39 is 0 Å². The molecule has 0 spiro atoms. The fourth-order valence-corrected chi connectivity index (χ4v) is 3.03. The first-order valence-corrected chi connectivity index (χ1v) is 6.96. The third-order valence-electron chi connectivity index (χ3n) is 4.33. The van der Waals surface area contributed by atoms with Gasteiger partial charge in [-0.25, -0.2) is 0 Å². The molecule has 92 valence electrons. The maximum absolute atomic E-state index is 5.44. The van der Waals surface area contributed by atoms with Crippen LogP contribution in [0.2, 0.25) is 0 Å². The smallest absolute Gasteiger partial charge is 0.0480 e. The van der Waals surface area contributed by atoms with Gasteiger partial charge in [-0.2, -0.15) is 0 Å². The van der Waals surface area contributed by atoms with E-state index in [0.29, 0.717) is 0 Å². The Morgan fingerprint density at radius 2 is 1.56 bits per heavy atom. The Bertz CT molecular complexity index is 216. The Labute approximate surface area is 98.7 Å². The van der Waals surface area contributed by atoms with Crippen molar-refractivity contribution in [3.8, 4) is 0 Å². The summed E-state index contributed by atoms with van der Waals surface area (Å²) < 4.78 is 5.44. The molecular formula is C13H24N2O. The molecule has 0 radical (unpaired) electrons. The summed E-state index contributed by atoms with van der Waals surface area (Å²) in [7, 11) is 0. The van der Waals surface area contributed by atoms with Crippen LogP contribution in [0.4, 0.5) is 0 Å². The molecule has 0 amide bonds. The van der Waals surface area contributed by atoms with Gasteiger partial charge in [0.05, 0.1) is 0 Å². The van der Waals surface area contributed by atoms with Gasteiger partial charge in [-0.15, -0.1) is 0 Å². The Morgan fingerprint density at radius 1 is 0.875 bits per heavy atom. The predicted octanol–water partition coefficient (Wildman–Crippen LogP) is 1.19. The molecule has 0 aromatic carbocycles. The molecule has 2 saturated heterocycles. The highest BCUT2D eigenvalue weighted by atomic mass is 16.5. The number of rotatable bonds is 3. The zero-order valence-corrected chi connectivity index (χ0v) is 10.2. The van der Waals surface area contributed by atoms with Crippen LogP contribution < -0.4 is 0 Å². The number of piperazine rings is 1. The van der Waals surface area contributed by atoms with E-state index in [-0.39, 0.29) is 0 Å². The van der Waals surface area contributed by atoms with Crippen molar-refractivity contribution >= 4 is 0 Å². The molecule has 0 aromatic rings. The van der Waals surface area contributed by atoms with Crippen molar-refractivity contribution in [2.45, 2.75) is 31.7 Å². The SMILES string of the molecule is C1CC(N2CCN(CC3CC3)CC2)CCO1. The summed E-state index contributed by atoms with van der Waals surface area (Å²) in [4.78, 5) is 5.37. The lowest BCUT2D eigenvalue weighted by atomic mass is 10.1. The van der Waals surface area contributed by atoms with Crippen molar-refractivity contribution in [3.63, 3.8) is 0 Å². The Kier molecular flexibility index (Phi) is 3.46. The third kappa shape index (κ3) is 2.76.